The molecule has 1 aromatic carbocycles. The highest BCUT2D eigenvalue weighted by Gasteiger charge is 2.19. The number of nitrogens with zero attached hydrogens (tertiary/aromatic N) is 3. The van der Waals surface area contributed by atoms with Gasteiger partial charge in [-0.2, -0.15) is 0 Å². The van der Waals surface area contributed by atoms with Crippen molar-refractivity contribution in [1.82, 2.24) is 13.7 Å². The Morgan fingerprint density at radius 3 is 2.47 bits per heavy atom. The van der Waals surface area contributed by atoms with E-state index >= 15 is 0 Å². The van der Waals surface area contributed by atoms with E-state index in [2.05, 4.69) is 5.32 Å². The molecule has 9 nitrogen and oxygen atoms in total. The number of carbonyl (C=O) groups excluding carboxylic acids is 2. The standard InChI is InChI=1S/C21H24N4O5/c1-5-24-19(27)18-16(11-13(3)23(18)4)25(21(24)29)12-17(26)22-15-10-8-7-9-14(15)20(28)30-6-2/h7-11H,5-6,12H2,1-4H3,(H,22,26). The average Bonchev–Trinajstić information content (AvgIpc) is 3.01. The number of esters is 1. The van der Waals surface area contributed by atoms with E-state index < -0.39 is 23.1 Å². The van der Waals surface area contributed by atoms with Crippen molar-refractivity contribution in [2.45, 2.75) is 33.9 Å². The molecule has 2 heterocycles. The highest BCUT2D eigenvalue weighted by molar-refractivity contribution is 6.01. The number of hydrogen-bond acceptors (Lipinski definition) is 5. The molecule has 158 valence electrons. The lowest BCUT2D eigenvalue weighted by molar-refractivity contribution is -0.116. The molecule has 1 amide bonds. The molecule has 2 aromatic heterocycles. The second-order valence-corrected chi connectivity index (χ2v) is 6.81. The van der Waals surface area contributed by atoms with Gasteiger partial charge in [0.2, 0.25) is 5.91 Å². The van der Waals surface area contributed by atoms with Gasteiger partial charge in [-0.25, -0.2) is 9.59 Å². The molecule has 0 unspecified atom stereocenters. The van der Waals surface area contributed by atoms with Gasteiger partial charge in [0.05, 0.1) is 23.4 Å². The number of hydrogen-bond donors (Lipinski definition) is 1. The van der Waals surface area contributed by atoms with E-state index in [1.807, 2.05) is 6.92 Å². The lowest BCUT2D eigenvalue weighted by Gasteiger charge is -2.13. The number of benzene rings is 1. The molecular formula is C21H24N4O5. The van der Waals surface area contributed by atoms with Gasteiger partial charge in [-0.3, -0.25) is 18.7 Å². The number of amides is 1. The summed E-state index contributed by atoms with van der Waals surface area (Å²) in [5.74, 6) is -1.05. The number of fused-ring (bicyclic) bond motifs is 1. The molecule has 0 atom stereocenters. The summed E-state index contributed by atoms with van der Waals surface area (Å²) in [6.07, 6.45) is 0. The van der Waals surface area contributed by atoms with Crippen LogP contribution in [0.3, 0.4) is 0 Å². The molecule has 0 radical (unpaired) electrons. The molecule has 3 rings (SSSR count). The fourth-order valence-electron chi connectivity index (χ4n) is 3.38. The Balaban J connectivity index is 2.01. The van der Waals surface area contributed by atoms with E-state index in [1.54, 1.807) is 55.8 Å². The van der Waals surface area contributed by atoms with Crippen molar-refractivity contribution in [2.24, 2.45) is 7.05 Å². The summed E-state index contributed by atoms with van der Waals surface area (Å²) in [6.45, 7) is 5.30. The van der Waals surface area contributed by atoms with Crippen molar-refractivity contribution in [3.63, 3.8) is 0 Å². The summed E-state index contributed by atoms with van der Waals surface area (Å²) in [5, 5.41) is 2.67. The third-order valence-electron chi connectivity index (χ3n) is 4.97. The smallest absolute Gasteiger partial charge is 0.340 e. The predicted molar refractivity (Wildman–Crippen MR) is 113 cm³/mol. The molecule has 3 aromatic rings. The number of carbonyl (C=O) groups is 2. The zero-order valence-corrected chi connectivity index (χ0v) is 17.4. The molecule has 30 heavy (non-hydrogen) atoms. The van der Waals surface area contributed by atoms with Gasteiger partial charge in [0.15, 0.2) is 0 Å². The maximum absolute atomic E-state index is 12.9. The van der Waals surface area contributed by atoms with Crippen LogP contribution in [0.25, 0.3) is 11.0 Å². The monoisotopic (exact) mass is 412 g/mol. The lowest BCUT2D eigenvalue weighted by atomic mass is 10.2. The van der Waals surface area contributed by atoms with Crippen molar-refractivity contribution in [3.05, 3.63) is 62.4 Å². The van der Waals surface area contributed by atoms with Gasteiger partial charge in [-0.1, -0.05) is 12.1 Å². The maximum atomic E-state index is 12.9. The minimum atomic E-state index is -0.561. The summed E-state index contributed by atoms with van der Waals surface area (Å²) < 4.78 is 9.09. The molecule has 0 bridgehead atoms. The lowest BCUT2D eigenvalue weighted by Crippen LogP contribution is -2.41. The first-order valence-electron chi connectivity index (χ1n) is 9.65. The number of aryl methyl sites for hydroxylation is 2. The van der Waals surface area contributed by atoms with Crippen LogP contribution in [-0.4, -0.2) is 32.2 Å². The predicted octanol–water partition coefficient (Wildman–Crippen LogP) is 1.65. The number of para-hydroxylation sites is 1. The van der Waals surface area contributed by atoms with Crippen molar-refractivity contribution < 1.29 is 14.3 Å². The largest absolute Gasteiger partial charge is 0.462 e. The number of ether oxygens (including phenoxy) is 1. The minimum absolute atomic E-state index is 0.186. The summed E-state index contributed by atoms with van der Waals surface area (Å²) in [6, 6.07) is 8.19. The van der Waals surface area contributed by atoms with Gasteiger partial charge >= 0.3 is 11.7 Å². The second kappa shape index (κ2) is 8.40. The maximum Gasteiger partial charge on any atom is 0.340 e. The topological polar surface area (TPSA) is 104 Å². The normalized spacial score (nSPS) is 10.9. The van der Waals surface area contributed by atoms with Crippen LogP contribution in [-0.2, 0) is 29.7 Å². The van der Waals surface area contributed by atoms with Gasteiger partial charge in [-0.15, -0.1) is 0 Å². The van der Waals surface area contributed by atoms with E-state index in [0.717, 1.165) is 10.3 Å². The first-order chi connectivity index (χ1) is 14.3. The van der Waals surface area contributed by atoms with E-state index in [9.17, 15) is 19.2 Å². The highest BCUT2D eigenvalue weighted by Crippen LogP contribution is 2.17. The Kier molecular flexibility index (Phi) is 5.91. The highest BCUT2D eigenvalue weighted by atomic mass is 16.5. The van der Waals surface area contributed by atoms with Gasteiger partial charge in [0, 0.05) is 19.3 Å². The average molecular weight is 412 g/mol. The molecule has 0 aliphatic carbocycles. The Morgan fingerprint density at radius 1 is 1.10 bits per heavy atom. The molecule has 0 fully saturated rings. The van der Waals surface area contributed by atoms with Gasteiger partial charge in [0.25, 0.3) is 5.56 Å². The Labute approximate surface area is 172 Å². The Bertz CT molecular complexity index is 1250. The minimum Gasteiger partial charge on any atom is -0.462 e. The fraction of sp³-hybridized carbons (Fsp3) is 0.333. The summed E-state index contributed by atoms with van der Waals surface area (Å²) >= 11 is 0. The summed E-state index contributed by atoms with van der Waals surface area (Å²) in [4.78, 5) is 50.5. The van der Waals surface area contributed by atoms with Crippen LogP contribution in [0.15, 0.2) is 39.9 Å². The fourth-order valence-corrected chi connectivity index (χ4v) is 3.38. The van der Waals surface area contributed by atoms with Gasteiger partial charge in [0.1, 0.15) is 12.1 Å². The van der Waals surface area contributed by atoms with Crippen LogP contribution < -0.4 is 16.6 Å². The van der Waals surface area contributed by atoms with Crippen LogP contribution in [0.2, 0.25) is 0 Å². The number of nitrogens with one attached hydrogen (secondary N) is 1. The summed E-state index contributed by atoms with van der Waals surface area (Å²) in [7, 11) is 1.74. The quantitative estimate of drug-likeness (QED) is 0.620. The molecule has 0 saturated carbocycles. The number of rotatable bonds is 6. The van der Waals surface area contributed by atoms with E-state index in [4.69, 9.17) is 4.74 Å². The van der Waals surface area contributed by atoms with Crippen LogP contribution in [0.5, 0.6) is 0 Å². The second-order valence-electron chi connectivity index (χ2n) is 6.81. The van der Waals surface area contributed by atoms with Gasteiger partial charge in [-0.05, 0) is 39.0 Å². The van der Waals surface area contributed by atoms with Crippen LogP contribution in [0.1, 0.15) is 29.9 Å². The van der Waals surface area contributed by atoms with Crippen molar-refractivity contribution in [1.29, 1.82) is 0 Å². The van der Waals surface area contributed by atoms with E-state index in [0.29, 0.717) is 16.7 Å². The first-order valence-corrected chi connectivity index (χ1v) is 9.65. The van der Waals surface area contributed by atoms with Crippen LogP contribution >= 0.6 is 0 Å². The number of aromatic nitrogens is 3. The van der Waals surface area contributed by atoms with Crippen molar-refractivity contribution in [3.8, 4) is 0 Å². The molecule has 0 aliphatic rings. The Morgan fingerprint density at radius 2 is 1.80 bits per heavy atom. The van der Waals surface area contributed by atoms with Crippen LogP contribution in [0, 0.1) is 6.92 Å². The van der Waals surface area contributed by atoms with E-state index in [-0.39, 0.29) is 25.3 Å². The first kappa shape index (κ1) is 21.1. The zero-order valence-electron chi connectivity index (χ0n) is 17.4. The van der Waals surface area contributed by atoms with Crippen LogP contribution in [0.4, 0.5) is 5.69 Å². The van der Waals surface area contributed by atoms with Gasteiger partial charge < -0.3 is 14.6 Å². The van der Waals surface area contributed by atoms with E-state index in [1.165, 1.54) is 4.57 Å². The molecule has 0 aliphatic heterocycles. The molecule has 0 spiro atoms. The van der Waals surface area contributed by atoms with Crippen molar-refractivity contribution in [2.75, 3.05) is 11.9 Å². The SMILES string of the molecule is CCOC(=O)c1ccccc1NC(=O)Cn1c(=O)n(CC)c(=O)c2c1cc(C)n2C. The number of anilines is 1. The molecular weight excluding hydrogens is 388 g/mol. The third kappa shape index (κ3) is 3.66. The van der Waals surface area contributed by atoms with Crippen molar-refractivity contribution >= 4 is 28.6 Å². The molecule has 0 saturated heterocycles. The zero-order chi connectivity index (χ0) is 22.0. The summed E-state index contributed by atoms with van der Waals surface area (Å²) in [5.41, 5.74) is 1.10. The molecule has 9 heteroatoms. The Hall–Kier alpha value is -3.62. The molecule has 1 N–H and O–H groups in total. The third-order valence-corrected chi connectivity index (χ3v) is 4.97.